The zero-order valence-corrected chi connectivity index (χ0v) is 9.64. The summed E-state index contributed by atoms with van der Waals surface area (Å²) in [6.07, 6.45) is 1.90. The number of allylic oxidation sites excluding steroid dienone is 1. The molecule has 1 aromatic rings. The molecule has 0 saturated heterocycles. The van der Waals surface area contributed by atoms with Crippen molar-refractivity contribution in [2.24, 2.45) is 11.0 Å². The molecule has 1 aromatic carbocycles. The lowest BCUT2D eigenvalue weighted by molar-refractivity contribution is 0.934. The molecule has 1 atom stereocenters. The van der Waals surface area contributed by atoms with Crippen molar-refractivity contribution < 1.29 is 0 Å². The molecule has 1 unspecified atom stereocenters. The molecule has 0 aliphatic heterocycles. The minimum atomic E-state index is 0.316. The van der Waals surface area contributed by atoms with E-state index in [2.05, 4.69) is 18.6 Å². The molecule has 0 saturated carbocycles. The molecule has 0 heterocycles. The second kappa shape index (κ2) is 5.35. The Morgan fingerprint density at radius 3 is 2.53 bits per heavy atom. The third-order valence-electron chi connectivity index (χ3n) is 2.45. The van der Waals surface area contributed by atoms with Gasteiger partial charge in [-0.15, -0.1) is 6.58 Å². The minimum Gasteiger partial charge on any atom is -0.269 e. The van der Waals surface area contributed by atoms with Crippen LogP contribution in [0.1, 0.15) is 13.8 Å². The Hall–Kier alpha value is -1.57. The van der Waals surface area contributed by atoms with Crippen LogP contribution in [0.25, 0.3) is 0 Å². The quantitative estimate of drug-likeness (QED) is 0.415. The average Bonchev–Trinajstić information content (AvgIpc) is 2.29. The van der Waals surface area contributed by atoms with E-state index in [1.54, 1.807) is 0 Å². The lowest BCUT2D eigenvalue weighted by Gasteiger charge is -2.15. The van der Waals surface area contributed by atoms with E-state index in [9.17, 15) is 0 Å². The standard InChI is InChI=1S/C13H18N2/c1-5-11(2)12(3)14-15(4)13-9-7-6-8-10-13/h5-11H,1H2,2-4H3/b14-12-. The number of hydrogen-bond acceptors (Lipinski definition) is 2. The van der Waals surface area contributed by atoms with Gasteiger partial charge in [0, 0.05) is 18.7 Å². The summed E-state index contributed by atoms with van der Waals surface area (Å²) < 4.78 is 0. The second-order valence-corrected chi connectivity index (χ2v) is 3.62. The first-order valence-electron chi connectivity index (χ1n) is 5.11. The predicted octanol–water partition coefficient (Wildman–Crippen LogP) is 3.32. The maximum absolute atomic E-state index is 4.50. The lowest BCUT2D eigenvalue weighted by Crippen LogP contribution is -2.14. The first kappa shape index (κ1) is 11.5. The van der Waals surface area contributed by atoms with Crippen molar-refractivity contribution in [3.05, 3.63) is 43.0 Å². The maximum atomic E-state index is 4.50. The largest absolute Gasteiger partial charge is 0.269 e. The molecule has 0 N–H and O–H groups in total. The topological polar surface area (TPSA) is 15.6 Å². The molecule has 80 valence electrons. The van der Waals surface area contributed by atoms with Gasteiger partial charge < -0.3 is 0 Å². The fourth-order valence-electron chi connectivity index (χ4n) is 1.20. The summed E-state index contributed by atoms with van der Waals surface area (Å²) in [6, 6.07) is 10.1. The van der Waals surface area contributed by atoms with Gasteiger partial charge in [-0.2, -0.15) is 5.10 Å². The van der Waals surface area contributed by atoms with Crippen molar-refractivity contribution >= 4 is 11.4 Å². The zero-order chi connectivity index (χ0) is 11.3. The van der Waals surface area contributed by atoms with Gasteiger partial charge in [-0.25, -0.2) is 0 Å². The number of hydrogen-bond donors (Lipinski definition) is 0. The van der Waals surface area contributed by atoms with Crippen molar-refractivity contribution in [2.75, 3.05) is 12.1 Å². The van der Waals surface area contributed by atoms with Gasteiger partial charge in [0.2, 0.25) is 0 Å². The fraction of sp³-hybridized carbons (Fsp3) is 0.308. The van der Waals surface area contributed by atoms with Crippen molar-refractivity contribution in [1.82, 2.24) is 0 Å². The number of rotatable bonds is 4. The van der Waals surface area contributed by atoms with E-state index in [1.807, 2.05) is 55.4 Å². The number of nitrogens with zero attached hydrogens (tertiary/aromatic N) is 2. The molecular weight excluding hydrogens is 184 g/mol. The summed E-state index contributed by atoms with van der Waals surface area (Å²) in [6.45, 7) is 7.87. The Bertz CT molecular complexity index is 341. The molecule has 0 fully saturated rings. The van der Waals surface area contributed by atoms with E-state index in [1.165, 1.54) is 0 Å². The van der Waals surface area contributed by atoms with Crippen LogP contribution in [0, 0.1) is 5.92 Å². The second-order valence-electron chi connectivity index (χ2n) is 3.62. The Balaban J connectivity index is 2.78. The van der Waals surface area contributed by atoms with Crippen molar-refractivity contribution in [3.63, 3.8) is 0 Å². The highest BCUT2D eigenvalue weighted by Gasteiger charge is 2.02. The first-order valence-corrected chi connectivity index (χ1v) is 5.11. The fourth-order valence-corrected chi connectivity index (χ4v) is 1.20. The van der Waals surface area contributed by atoms with Crippen LogP contribution in [0.2, 0.25) is 0 Å². The predicted molar refractivity (Wildman–Crippen MR) is 67.3 cm³/mol. The van der Waals surface area contributed by atoms with Crippen LogP contribution in [0.15, 0.2) is 48.1 Å². The van der Waals surface area contributed by atoms with Crippen LogP contribution in [0.5, 0.6) is 0 Å². The highest BCUT2D eigenvalue weighted by Crippen LogP contribution is 2.12. The molecular formula is C13H18N2. The van der Waals surface area contributed by atoms with Gasteiger partial charge in [0.1, 0.15) is 0 Å². The number of benzene rings is 1. The molecule has 2 heteroatoms. The van der Waals surface area contributed by atoms with Crippen LogP contribution in [0.3, 0.4) is 0 Å². The molecule has 1 rings (SSSR count). The lowest BCUT2D eigenvalue weighted by atomic mass is 10.1. The molecule has 0 aliphatic rings. The monoisotopic (exact) mass is 202 g/mol. The maximum Gasteiger partial charge on any atom is 0.0590 e. The van der Waals surface area contributed by atoms with Crippen molar-refractivity contribution in [1.29, 1.82) is 0 Å². The number of para-hydroxylation sites is 1. The van der Waals surface area contributed by atoms with E-state index >= 15 is 0 Å². The third-order valence-corrected chi connectivity index (χ3v) is 2.45. The van der Waals surface area contributed by atoms with Crippen LogP contribution in [-0.4, -0.2) is 12.8 Å². The van der Waals surface area contributed by atoms with Crippen LogP contribution >= 0.6 is 0 Å². The Morgan fingerprint density at radius 1 is 1.40 bits per heavy atom. The Morgan fingerprint density at radius 2 is 2.00 bits per heavy atom. The van der Waals surface area contributed by atoms with Crippen molar-refractivity contribution in [3.8, 4) is 0 Å². The minimum absolute atomic E-state index is 0.316. The molecule has 0 bridgehead atoms. The summed E-state index contributed by atoms with van der Waals surface area (Å²) in [5, 5.41) is 6.38. The van der Waals surface area contributed by atoms with E-state index in [0.29, 0.717) is 5.92 Å². The van der Waals surface area contributed by atoms with Crippen LogP contribution < -0.4 is 5.01 Å². The molecule has 0 aromatic heterocycles. The van der Waals surface area contributed by atoms with E-state index in [-0.39, 0.29) is 0 Å². The average molecular weight is 202 g/mol. The van der Waals surface area contributed by atoms with Gasteiger partial charge in [-0.05, 0) is 19.1 Å². The first-order chi connectivity index (χ1) is 7.15. The summed E-state index contributed by atoms with van der Waals surface area (Å²) in [5.74, 6) is 0.316. The van der Waals surface area contributed by atoms with E-state index < -0.39 is 0 Å². The molecule has 0 radical (unpaired) electrons. The van der Waals surface area contributed by atoms with Crippen molar-refractivity contribution in [2.45, 2.75) is 13.8 Å². The summed E-state index contributed by atoms with van der Waals surface area (Å²) >= 11 is 0. The Labute approximate surface area is 91.9 Å². The zero-order valence-electron chi connectivity index (χ0n) is 9.64. The molecule has 0 aliphatic carbocycles. The van der Waals surface area contributed by atoms with Gasteiger partial charge in [0.15, 0.2) is 0 Å². The highest BCUT2D eigenvalue weighted by atomic mass is 15.4. The summed E-state index contributed by atoms with van der Waals surface area (Å²) in [4.78, 5) is 0. The van der Waals surface area contributed by atoms with Crippen LogP contribution in [0.4, 0.5) is 5.69 Å². The van der Waals surface area contributed by atoms with E-state index in [0.717, 1.165) is 11.4 Å². The number of hydrazone groups is 1. The molecule has 0 spiro atoms. The summed E-state index contributed by atoms with van der Waals surface area (Å²) in [7, 11) is 1.95. The summed E-state index contributed by atoms with van der Waals surface area (Å²) in [5.41, 5.74) is 2.16. The van der Waals surface area contributed by atoms with Gasteiger partial charge in [-0.1, -0.05) is 31.2 Å². The smallest absolute Gasteiger partial charge is 0.0590 e. The van der Waals surface area contributed by atoms with Gasteiger partial charge in [0.05, 0.1) is 5.69 Å². The highest BCUT2D eigenvalue weighted by molar-refractivity contribution is 5.86. The van der Waals surface area contributed by atoms with Crippen LogP contribution in [-0.2, 0) is 0 Å². The van der Waals surface area contributed by atoms with E-state index in [4.69, 9.17) is 0 Å². The molecule has 2 nitrogen and oxygen atoms in total. The SMILES string of the molecule is C=CC(C)/C(C)=N\N(C)c1ccccc1. The number of anilines is 1. The Kier molecular flexibility index (Phi) is 4.10. The normalized spacial score (nSPS) is 13.4. The van der Waals surface area contributed by atoms with Gasteiger partial charge in [0.25, 0.3) is 0 Å². The van der Waals surface area contributed by atoms with Gasteiger partial charge >= 0.3 is 0 Å². The van der Waals surface area contributed by atoms with Gasteiger partial charge in [-0.3, -0.25) is 5.01 Å². The molecule has 15 heavy (non-hydrogen) atoms. The molecule has 0 amide bonds. The third kappa shape index (κ3) is 3.24.